The Hall–Kier alpha value is -2.71. The van der Waals surface area contributed by atoms with Gasteiger partial charge in [0.1, 0.15) is 5.82 Å². The smallest absolute Gasteiger partial charge is 0.222 e. The van der Waals surface area contributed by atoms with E-state index in [4.69, 9.17) is 10.8 Å². The molecule has 114 valence electrons. The summed E-state index contributed by atoms with van der Waals surface area (Å²) in [4.78, 5) is 8.38. The van der Waals surface area contributed by atoms with Crippen LogP contribution >= 0.6 is 0 Å². The minimum Gasteiger partial charge on any atom is -0.394 e. The van der Waals surface area contributed by atoms with Gasteiger partial charge < -0.3 is 21.3 Å². The summed E-state index contributed by atoms with van der Waals surface area (Å²) in [5.41, 5.74) is 8.23. The van der Waals surface area contributed by atoms with Crippen molar-refractivity contribution < 1.29 is 10.2 Å². The van der Waals surface area contributed by atoms with Gasteiger partial charge in [0.15, 0.2) is 0 Å². The van der Waals surface area contributed by atoms with Crippen LogP contribution in [-0.2, 0) is 0 Å². The third-order valence-corrected chi connectivity index (χ3v) is 3.24. The number of aliphatic hydroxyl groups is 2. The lowest BCUT2D eigenvalue weighted by atomic mass is 10.1. The van der Waals surface area contributed by atoms with Gasteiger partial charge >= 0.3 is 0 Å². The van der Waals surface area contributed by atoms with Crippen LogP contribution in [0.3, 0.4) is 0 Å². The Morgan fingerprint density at radius 2 is 2.14 bits per heavy atom. The number of benzene rings is 1. The summed E-state index contributed by atoms with van der Waals surface area (Å²) in [7, 11) is 0. The van der Waals surface area contributed by atoms with Crippen molar-refractivity contribution in [3.05, 3.63) is 30.5 Å². The number of aliphatic hydroxyl groups excluding tert-OH is 2. The van der Waals surface area contributed by atoms with Gasteiger partial charge in [-0.15, -0.1) is 0 Å². The lowest BCUT2D eigenvalue weighted by Crippen LogP contribution is -2.23. The number of fused-ring (bicyclic) bond motifs is 1. The second-order valence-corrected chi connectivity index (χ2v) is 4.85. The van der Waals surface area contributed by atoms with Gasteiger partial charge in [0.05, 0.1) is 23.9 Å². The zero-order chi connectivity index (χ0) is 15.5. The number of nitrogens with two attached hydrogens (primary N) is 1. The highest BCUT2D eigenvalue weighted by Crippen LogP contribution is 2.26. The summed E-state index contributed by atoms with van der Waals surface area (Å²) < 4.78 is 0. The SMILES string of the molecule is Nc1nc(NC[C@@H](O)CO)c2ccc(-c3ccn[nH]3)cc2n1. The molecule has 0 saturated carbocycles. The van der Waals surface area contributed by atoms with Crippen LogP contribution in [0.4, 0.5) is 11.8 Å². The molecule has 0 aliphatic rings. The van der Waals surface area contributed by atoms with Crippen LogP contribution in [0, 0.1) is 0 Å². The molecule has 1 atom stereocenters. The molecule has 0 aliphatic heterocycles. The Bertz CT molecular complexity index is 774. The molecular formula is C14H16N6O2. The van der Waals surface area contributed by atoms with Gasteiger partial charge in [0, 0.05) is 23.7 Å². The molecule has 0 spiro atoms. The summed E-state index contributed by atoms with van der Waals surface area (Å²) in [6, 6.07) is 7.54. The van der Waals surface area contributed by atoms with Gasteiger partial charge in [-0.1, -0.05) is 6.07 Å². The highest BCUT2D eigenvalue weighted by atomic mass is 16.3. The lowest BCUT2D eigenvalue weighted by Gasteiger charge is -2.12. The van der Waals surface area contributed by atoms with Gasteiger partial charge in [-0.05, 0) is 18.2 Å². The first-order valence-corrected chi connectivity index (χ1v) is 6.77. The van der Waals surface area contributed by atoms with E-state index in [0.29, 0.717) is 11.3 Å². The second-order valence-electron chi connectivity index (χ2n) is 4.85. The van der Waals surface area contributed by atoms with Gasteiger partial charge in [-0.3, -0.25) is 5.10 Å². The Labute approximate surface area is 126 Å². The fraction of sp³-hybridized carbons (Fsp3) is 0.214. The molecule has 8 heteroatoms. The molecule has 0 radical (unpaired) electrons. The Morgan fingerprint density at radius 3 is 2.86 bits per heavy atom. The molecule has 0 fully saturated rings. The lowest BCUT2D eigenvalue weighted by molar-refractivity contribution is 0.105. The van der Waals surface area contributed by atoms with E-state index in [2.05, 4.69) is 25.5 Å². The number of nitrogen functional groups attached to an aromatic ring is 1. The van der Waals surface area contributed by atoms with E-state index in [1.54, 1.807) is 6.20 Å². The first kappa shape index (κ1) is 14.2. The Balaban J connectivity index is 1.99. The van der Waals surface area contributed by atoms with E-state index >= 15 is 0 Å². The number of rotatable bonds is 5. The number of nitrogens with one attached hydrogen (secondary N) is 2. The maximum absolute atomic E-state index is 9.43. The van der Waals surface area contributed by atoms with E-state index in [1.165, 1.54) is 0 Å². The normalized spacial score (nSPS) is 12.5. The summed E-state index contributed by atoms with van der Waals surface area (Å²) in [6.45, 7) is -0.153. The summed E-state index contributed by atoms with van der Waals surface area (Å²) >= 11 is 0. The van der Waals surface area contributed by atoms with Crippen molar-refractivity contribution in [3.63, 3.8) is 0 Å². The van der Waals surface area contributed by atoms with Crippen molar-refractivity contribution in [3.8, 4) is 11.3 Å². The zero-order valence-electron chi connectivity index (χ0n) is 11.7. The summed E-state index contributed by atoms with van der Waals surface area (Å²) in [5, 5.41) is 28.9. The first-order valence-electron chi connectivity index (χ1n) is 6.77. The predicted molar refractivity (Wildman–Crippen MR) is 83.1 cm³/mol. The van der Waals surface area contributed by atoms with Gasteiger partial charge in [-0.25, -0.2) is 4.98 Å². The standard InChI is InChI=1S/C14H16N6O2/c15-14-18-12-5-8(11-3-4-17-20-11)1-2-10(12)13(19-14)16-6-9(22)7-21/h1-5,9,21-22H,6-7H2,(H,17,20)(H3,15,16,18,19)/t9-/m1/s1. The molecule has 2 heterocycles. The van der Waals surface area contributed by atoms with Crippen LogP contribution in [0.2, 0.25) is 0 Å². The minimum absolute atomic E-state index is 0.134. The topological polar surface area (TPSA) is 133 Å². The van der Waals surface area contributed by atoms with Crippen molar-refractivity contribution in [2.45, 2.75) is 6.10 Å². The largest absolute Gasteiger partial charge is 0.394 e. The van der Waals surface area contributed by atoms with Crippen molar-refractivity contribution in [1.29, 1.82) is 0 Å². The molecule has 6 N–H and O–H groups in total. The molecule has 3 rings (SSSR count). The maximum Gasteiger partial charge on any atom is 0.222 e. The molecule has 1 aromatic carbocycles. The first-order chi connectivity index (χ1) is 10.7. The molecular weight excluding hydrogens is 284 g/mol. The minimum atomic E-state index is -0.865. The molecule has 0 unspecified atom stereocenters. The highest BCUT2D eigenvalue weighted by Gasteiger charge is 2.10. The van der Waals surface area contributed by atoms with Crippen molar-refractivity contribution >= 4 is 22.7 Å². The average Bonchev–Trinajstić information content (AvgIpc) is 3.05. The third kappa shape index (κ3) is 2.83. The number of hydrogen-bond donors (Lipinski definition) is 5. The molecule has 0 saturated heterocycles. The summed E-state index contributed by atoms with van der Waals surface area (Å²) in [5.74, 6) is 0.654. The Morgan fingerprint density at radius 1 is 1.27 bits per heavy atom. The highest BCUT2D eigenvalue weighted by molar-refractivity contribution is 5.92. The van der Waals surface area contributed by atoms with Crippen LogP contribution in [-0.4, -0.2) is 49.6 Å². The Kier molecular flexibility index (Phi) is 3.86. The monoisotopic (exact) mass is 300 g/mol. The van der Waals surface area contributed by atoms with E-state index in [-0.39, 0.29) is 19.1 Å². The van der Waals surface area contributed by atoms with Gasteiger partial charge in [-0.2, -0.15) is 10.1 Å². The zero-order valence-corrected chi connectivity index (χ0v) is 11.7. The van der Waals surface area contributed by atoms with Crippen molar-refractivity contribution in [1.82, 2.24) is 20.2 Å². The molecule has 22 heavy (non-hydrogen) atoms. The number of aromatic nitrogens is 4. The van der Waals surface area contributed by atoms with Crippen LogP contribution in [0.25, 0.3) is 22.2 Å². The summed E-state index contributed by atoms with van der Waals surface area (Å²) in [6.07, 6.45) is 0.812. The van der Waals surface area contributed by atoms with E-state index in [9.17, 15) is 5.11 Å². The molecule has 0 amide bonds. The average molecular weight is 300 g/mol. The van der Waals surface area contributed by atoms with Gasteiger partial charge in [0.2, 0.25) is 5.95 Å². The van der Waals surface area contributed by atoms with Crippen LogP contribution < -0.4 is 11.1 Å². The van der Waals surface area contributed by atoms with Crippen molar-refractivity contribution in [2.75, 3.05) is 24.2 Å². The predicted octanol–water partition coefficient (Wildman–Crippen LogP) is 0.367. The number of anilines is 2. The van der Waals surface area contributed by atoms with Gasteiger partial charge in [0.25, 0.3) is 0 Å². The maximum atomic E-state index is 9.43. The molecule has 0 aliphatic carbocycles. The molecule has 3 aromatic rings. The molecule has 2 aromatic heterocycles. The number of hydrogen-bond acceptors (Lipinski definition) is 7. The van der Waals surface area contributed by atoms with Crippen LogP contribution in [0.5, 0.6) is 0 Å². The van der Waals surface area contributed by atoms with E-state index in [0.717, 1.165) is 16.6 Å². The van der Waals surface area contributed by atoms with Crippen LogP contribution in [0.1, 0.15) is 0 Å². The number of H-pyrrole nitrogens is 1. The van der Waals surface area contributed by atoms with E-state index in [1.807, 2.05) is 24.3 Å². The third-order valence-electron chi connectivity index (χ3n) is 3.24. The quantitative estimate of drug-likeness (QED) is 0.459. The van der Waals surface area contributed by atoms with Crippen LogP contribution in [0.15, 0.2) is 30.5 Å². The molecule has 0 bridgehead atoms. The van der Waals surface area contributed by atoms with E-state index < -0.39 is 6.10 Å². The molecule has 8 nitrogen and oxygen atoms in total. The second kappa shape index (κ2) is 5.96. The van der Waals surface area contributed by atoms with Crippen molar-refractivity contribution in [2.24, 2.45) is 0 Å². The fourth-order valence-electron chi connectivity index (χ4n) is 2.15. The number of aromatic amines is 1. The fourth-order valence-corrected chi connectivity index (χ4v) is 2.15. The number of nitrogens with zero attached hydrogens (tertiary/aromatic N) is 3.